The van der Waals surface area contributed by atoms with Gasteiger partial charge < -0.3 is 16.2 Å². The molecule has 1 aromatic carbocycles. The van der Waals surface area contributed by atoms with Gasteiger partial charge in [-0.15, -0.1) is 0 Å². The van der Waals surface area contributed by atoms with Crippen molar-refractivity contribution in [3.8, 4) is 0 Å². The average Bonchev–Trinajstić information content (AvgIpc) is 2.31. The van der Waals surface area contributed by atoms with Crippen molar-refractivity contribution in [2.24, 2.45) is 11.5 Å². The first kappa shape index (κ1) is 14.1. The monoisotopic (exact) mass is 224 g/mol. The van der Waals surface area contributed by atoms with E-state index < -0.39 is 5.91 Å². The molecule has 16 heavy (non-hydrogen) atoms. The second-order valence-corrected chi connectivity index (χ2v) is 2.76. The summed E-state index contributed by atoms with van der Waals surface area (Å²) < 4.78 is 4.79. The lowest BCUT2D eigenvalue weighted by Crippen LogP contribution is -2.21. The third-order valence-corrected chi connectivity index (χ3v) is 1.49. The van der Waals surface area contributed by atoms with E-state index in [1.165, 1.54) is 0 Å². The average molecular weight is 224 g/mol. The Morgan fingerprint density at radius 1 is 1.25 bits per heavy atom. The predicted octanol–water partition coefficient (Wildman–Crippen LogP) is 0.294. The number of amides is 1. The first-order valence-electron chi connectivity index (χ1n) is 4.82. The topological polar surface area (TPSA) is 95.4 Å². The zero-order valence-electron chi connectivity index (χ0n) is 9.18. The molecule has 5 nitrogen and oxygen atoms in total. The number of ether oxygens (including phenoxy) is 1. The number of rotatable bonds is 3. The van der Waals surface area contributed by atoms with Gasteiger partial charge in [-0.05, 0) is 19.1 Å². The molecule has 0 unspecified atom stereocenters. The van der Waals surface area contributed by atoms with Crippen LogP contribution in [0.5, 0.6) is 0 Å². The number of esters is 1. The summed E-state index contributed by atoms with van der Waals surface area (Å²) in [4.78, 5) is 20.5. The van der Waals surface area contributed by atoms with Gasteiger partial charge in [0.15, 0.2) is 0 Å². The maximum absolute atomic E-state index is 11.0. The Bertz CT molecular complexity index is 325. The van der Waals surface area contributed by atoms with Crippen LogP contribution < -0.4 is 11.5 Å². The second-order valence-electron chi connectivity index (χ2n) is 2.76. The van der Waals surface area contributed by atoms with Crippen LogP contribution in [0, 0.1) is 0 Å². The Kier molecular flexibility index (Phi) is 7.44. The highest BCUT2D eigenvalue weighted by molar-refractivity contribution is 5.89. The molecule has 0 saturated carbocycles. The fourth-order valence-electron chi connectivity index (χ4n) is 0.789. The summed E-state index contributed by atoms with van der Waals surface area (Å²) >= 11 is 0. The molecule has 0 aromatic heterocycles. The highest BCUT2D eigenvalue weighted by Gasteiger charge is 2.02. The van der Waals surface area contributed by atoms with Crippen LogP contribution in [0.4, 0.5) is 0 Å². The van der Waals surface area contributed by atoms with Crippen molar-refractivity contribution in [1.82, 2.24) is 0 Å². The minimum atomic E-state index is -0.468. The number of hydrogen-bond donors (Lipinski definition) is 2. The maximum Gasteiger partial charge on any atom is 0.338 e. The van der Waals surface area contributed by atoms with Gasteiger partial charge in [-0.2, -0.15) is 0 Å². The highest BCUT2D eigenvalue weighted by Crippen LogP contribution is 1.99. The lowest BCUT2D eigenvalue weighted by Gasteiger charge is -1.99. The molecule has 0 spiro atoms. The summed E-state index contributed by atoms with van der Waals surface area (Å²) in [5.41, 5.74) is 9.83. The van der Waals surface area contributed by atoms with Gasteiger partial charge in [-0.3, -0.25) is 4.79 Å². The quantitative estimate of drug-likeness (QED) is 0.721. The van der Waals surface area contributed by atoms with E-state index in [4.69, 9.17) is 10.5 Å². The molecule has 0 aliphatic heterocycles. The lowest BCUT2D eigenvalue weighted by atomic mass is 10.2. The highest BCUT2D eigenvalue weighted by atomic mass is 16.5. The zero-order valence-corrected chi connectivity index (χ0v) is 9.18. The first-order valence-corrected chi connectivity index (χ1v) is 4.82. The summed E-state index contributed by atoms with van der Waals surface area (Å²) in [5.74, 6) is -0.724. The third kappa shape index (κ3) is 6.56. The smallest absolute Gasteiger partial charge is 0.338 e. The molecule has 0 aliphatic rings. The van der Waals surface area contributed by atoms with E-state index in [2.05, 4.69) is 5.73 Å². The van der Waals surface area contributed by atoms with E-state index in [1.807, 2.05) is 18.2 Å². The molecule has 0 bridgehead atoms. The van der Waals surface area contributed by atoms with Gasteiger partial charge in [-0.1, -0.05) is 18.2 Å². The molecule has 0 fully saturated rings. The normalized spacial score (nSPS) is 8.62. The standard InChI is InChI=1S/C9H10O2.C2H6N2O/c1-2-11-9(10)8-6-4-3-5-7-8;3-1-2(4)5/h3-7H,2H2,1H3;1,3H2,(H2,4,5). The first-order chi connectivity index (χ1) is 7.61. The molecule has 4 N–H and O–H groups in total. The van der Waals surface area contributed by atoms with E-state index in [1.54, 1.807) is 19.1 Å². The van der Waals surface area contributed by atoms with Crippen LogP contribution in [0.15, 0.2) is 30.3 Å². The summed E-state index contributed by atoms with van der Waals surface area (Å²) in [5, 5.41) is 0. The van der Waals surface area contributed by atoms with Crippen LogP contribution in [0.3, 0.4) is 0 Å². The van der Waals surface area contributed by atoms with Gasteiger partial charge in [0.05, 0.1) is 18.7 Å². The largest absolute Gasteiger partial charge is 0.462 e. The van der Waals surface area contributed by atoms with Crippen LogP contribution in [0.25, 0.3) is 0 Å². The fourth-order valence-corrected chi connectivity index (χ4v) is 0.789. The zero-order chi connectivity index (χ0) is 12.4. The number of carbonyl (C=O) groups is 2. The Morgan fingerprint density at radius 3 is 2.12 bits per heavy atom. The summed E-state index contributed by atoms with van der Waals surface area (Å²) in [6.45, 7) is 2.16. The van der Waals surface area contributed by atoms with Gasteiger partial charge in [0.2, 0.25) is 5.91 Å². The molecule has 1 aromatic rings. The number of carbonyl (C=O) groups excluding carboxylic acids is 2. The number of primary amides is 1. The van der Waals surface area contributed by atoms with Crippen molar-refractivity contribution in [1.29, 1.82) is 0 Å². The van der Waals surface area contributed by atoms with Gasteiger partial charge in [0.25, 0.3) is 0 Å². The molecule has 88 valence electrons. The fraction of sp³-hybridized carbons (Fsp3) is 0.273. The molecule has 0 atom stereocenters. The van der Waals surface area contributed by atoms with Crippen molar-refractivity contribution >= 4 is 11.9 Å². The Hall–Kier alpha value is -1.88. The summed E-state index contributed by atoms with van der Waals surface area (Å²) in [7, 11) is 0. The van der Waals surface area contributed by atoms with Crippen LogP contribution in [-0.2, 0) is 9.53 Å². The van der Waals surface area contributed by atoms with E-state index in [0.717, 1.165) is 0 Å². The molecular formula is C11H16N2O3. The van der Waals surface area contributed by atoms with E-state index in [-0.39, 0.29) is 12.5 Å². The minimum absolute atomic E-state index is 0.0556. The number of nitrogens with two attached hydrogens (primary N) is 2. The molecule has 0 saturated heterocycles. The molecule has 5 heteroatoms. The summed E-state index contributed by atoms with van der Waals surface area (Å²) in [6.07, 6.45) is 0. The molecule has 1 amide bonds. The maximum atomic E-state index is 11.0. The van der Waals surface area contributed by atoms with Gasteiger partial charge in [-0.25, -0.2) is 4.79 Å². The van der Waals surface area contributed by atoms with Gasteiger partial charge in [0, 0.05) is 0 Å². The van der Waals surface area contributed by atoms with E-state index in [9.17, 15) is 9.59 Å². The predicted molar refractivity (Wildman–Crippen MR) is 60.6 cm³/mol. The Balaban J connectivity index is 0.000000385. The Morgan fingerprint density at radius 2 is 1.75 bits per heavy atom. The van der Waals surface area contributed by atoms with Crippen molar-refractivity contribution < 1.29 is 14.3 Å². The van der Waals surface area contributed by atoms with Crippen molar-refractivity contribution in [2.45, 2.75) is 6.92 Å². The minimum Gasteiger partial charge on any atom is -0.462 e. The summed E-state index contributed by atoms with van der Waals surface area (Å²) in [6, 6.07) is 8.96. The van der Waals surface area contributed by atoms with Crippen LogP contribution in [-0.4, -0.2) is 25.0 Å². The van der Waals surface area contributed by atoms with Crippen LogP contribution in [0.1, 0.15) is 17.3 Å². The van der Waals surface area contributed by atoms with Gasteiger partial charge in [0.1, 0.15) is 0 Å². The molecule has 1 rings (SSSR count). The lowest BCUT2D eigenvalue weighted by molar-refractivity contribution is -0.116. The molecular weight excluding hydrogens is 208 g/mol. The van der Waals surface area contributed by atoms with Crippen molar-refractivity contribution in [3.63, 3.8) is 0 Å². The van der Waals surface area contributed by atoms with Crippen molar-refractivity contribution in [3.05, 3.63) is 35.9 Å². The second kappa shape index (κ2) is 8.43. The van der Waals surface area contributed by atoms with Gasteiger partial charge >= 0.3 is 5.97 Å². The molecule has 0 aliphatic carbocycles. The number of benzene rings is 1. The van der Waals surface area contributed by atoms with Crippen LogP contribution in [0.2, 0.25) is 0 Å². The van der Waals surface area contributed by atoms with E-state index in [0.29, 0.717) is 12.2 Å². The van der Waals surface area contributed by atoms with Crippen molar-refractivity contribution in [2.75, 3.05) is 13.2 Å². The third-order valence-electron chi connectivity index (χ3n) is 1.49. The SMILES string of the molecule is CCOC(=O)c1ccccc1.NCC(N)=O. The molecule has 0 heterocycles. The van der Waals surface area contributed by atoms with Crippen LogP contribution >= 0.6 is 0 Å². The Labute approximate surface area is 94.4 Å². The van der Waals surface area contributed by atoms with E-state index >= 15 is 0 Å². The number of hydrogen-bond acceptors (Lipinski definition) is 4. The molecule has 0 radical (unpaired) electrons.